The first-order valence-electron chi connectivity index (χ1n) is 9.99. The number of nitrogens with one attached hydrogen (secondary N) is 2. The number of ether oxygens (including phenoxy) is 2. The summed E-state index contributed by atoms with van der Waals surface area (Å²) in [4.78, 5) is 1.23. The van der Waals surface area contributed by atoms with Crippen molar-refractivity contribution in [2.45, 2.75) is 25.9 Å². The van der Waals surface area contributed by atoms with Crippen LogP contribution in [-0.4, -0.2) is 39.1 Å². The van der Waals surface area contributed by atoms with E-state index >= 15 is 0 Å². The minimum Gasteiger partial charge on any atom is -0.493 e. The highest BCUT2D eigenvalue weighted by atomic mass is 16.5. The van der Waals surface area contributed by atoms with Crippen molar-refractivity contribution in [3.8, 4) is 29.7 Å². The maximum Gasteiger partial charge on any atom is 0.189 e. The highest BCUT2D eigenvalue weighted by Gasteiger charge is 2.58. The predicted octanol–water partition coefficient (Wildman–Crippen LogP) is 1.84. The lowest BCUT2D eigenvalue weighted by molar-refractivity contribution is -0.878. The number of quaternary nitrogens is 1. The van der Waals surface area contributed by atoms with Crippen molar-refractivity contribution in [1.29, 1.82) is 21.2 Å². The molecular formula is C23H26N5O2+. The molecule has 0 spiro atoms. The maximum absolute atomic E-state index is 10.1. The fourth-order valence-electron chi connectivity index (χ4n) is 4.66. The minimum atomic E-state index is -1.72. The normalized spacial score (nSPS) is 27.1. The third-order valence-electron chi connectivity index (χ3n) is 5.99. The van der Waals surface area contributed by atoms with E-state index in [-0.39, 0.29) is 17.7 Å². The Hall–Kier alpha value is -3.34. The summed E-state index contributed by atoms with van der Waals surface area (Å²) in [5, 5.41) is 38.6. The molecule has 2 N–H and O–H groups in total. The van der Waals surface area contributed by atoms with Crippen molar-refractivity contribution in [1.82, 2.24) is 0 Å². The molecule has 4 atom stereocenters. The first-order valence-corrected chi connectivity index (χ1v) is 9.99. The van der Waals surface area contributed by atoms with Crippen LogP contribution in [0.5, 0.6) is 11.5 Å². The van der Waals surface area contributed by atoms with Crippen LogP contribution >= 0.6 is 0 Å². The number of hydrogen-bond acceptors (Lipinski definition) is 6. The number of nitriles is 3. The van der Waals surface area contributed by atoms with E-state index in [0.717, 1.165) is 17.7 Å². The molecule has 0 aromatic heterocycles. The molecule has 7 nitrogen and oxygen atoms in total. The molecule has 0 amide bonds. The van der Waals surface area contributed by atoms with Crippen molar-refractivity contribution < 1.29 is 14.4 Å². The Balaban J connectivity index is 2.22. The maximum atomic E-state index is 10.1. The van der Waals surface area contributed by atoms with E-state index in [2.05, 4.69) is 18.2 Å². The van der Waals surface area contributed by atoms with Crippen molar-refractivity contribution in [3.63, 3.8) is 0 Å². The largest absolute Gasteiger partial charge is 0.493 e. The van der Waals surface area contributed by atoms with E-state index in [1.807, 2.05) is 33.0 Å². The molecular weight excluding hydrogens is 378 g/mol. The van der Waals surface area contributed by atoms with Gasteiger partial charge in [0.05, 0.1) is 57.3 Å². The average molecular weight is 404 g/mol. The van der Waals surface area contributed by atoms with Crippen LogP contribution < -0.4 is 14.4 Å². The lowest BCUT2D eigenvalue weighted by Crippen LogP contribution is -3.10. The van der Waals surface area contributed by atoms with Gasteiger partial charge in [-0.1, -0.05) is 6.07 Å². The van der Waals surface area contributed by atoms with Gasteiger partial charge in [0.1, 0.15) is 5.92 Å². The minimum absolute atomic E-state index is 0.0357. The number of rotatable bonds is 4. The van der Waals surface area contributed by atoms with E-state index in [0.29, 0.717) is 18.0 Å². The van der Waals surface area contributed by atoms with E-state index in [4.69, 9.17) is 14.9 Å². The summed E-state index contributed by atoms with van der Waals surface area (Å²) in [5.74, 6) is -0.517. The van der Waals surface area contributed by atoms with Gasteiger partial charge in [0.15, 0.2) is 16.9 Å². The van der Waals surface area contributed by atoms with Gasteiger partial charge in [0.25, 0.3) is 0 Å². The van der Waals surface area contributed by atoms with Crippen LogP contribution in [-0.2, 0) is 0 Å². The molecule has 0 bridgehead atoms. The Kier molecular flexibility index (Phi) is 5.83. The van der Waals surface area contributed by atoms with Crippen LogP contribution in [0, 0.1) is 56.7 Å². The monoisotopic (exact) mass is 404 g/mol. The number of nitrogens with zero attached hydrogens (tertiary/aromatic N) is 3. The first-order chi connectivity index (χ1) is 14.3. The highest BCUT2D eigenvalue weighted by Crippen LogP contribution is 2.53. The second kappa shape index (κ2) is 8.19. The SMILES string of the molecule is COc1cc([C@H]2[C@@H]3C[NH+](C)CC=C3[C@@H](C#N)C(=N)C2(C#N)C#N)ccc1OC(C)C. The molecule has 0 saturated heterocycles. The molecule has 3 rings (SSSR count). The number of likely N-dealkylation sites (N-methyl/N-ethyl adjacent to an activating group) is 1. The van der Waals surface area contributed by atoms with Crippen LogP contribution in [0.25, 0.3) is 0 Å². The van der Waals surface area contributed by atoms with Crippen molar-refractivity contribution in [3.05, 3.63) is 35.4 Å². The lowest BCUT2D eigenvalue weighted by atomic mass is 9.54. The van der Waals surface area contributed by atoms with Gasteiger partial charge in [-0.15, -0.1) is 0 Å². The molecule has 1 saturated carbocycles. The quantitative estimate of drug-likeness (QED) is 0.743. The Morgan fingerprint density at radius 1 is 1.20 bits per heavy atom. The summed E-state index contributed by atoms with van der Waals surface area (Å²) in [7, 11) is 3.60. The molecule has 1 aromatic carbocycles. The lowest BCUT2D eigenvalue weighted by Gasteiger charge is -2.46. The summed E-state index contributed by atoms with van der Waals surface area (Å²) in [6, 6.07) is 11.8. The molecule has 30 heavy (non-hydrogen) atoms. The zero-order valence-corrected chi connectivity index (χ0v) is 17.7. The predicted molar refractivity (Wildman–Crippen MR) is 110 cm³/mol. The Bertz CT molecular complexity index is 994. The standard InChI is InChI=1S/C23H25N5O2/c1-14(2)30-19-6-5-15(9-20(19)29-4)21-18-11-28(3)8-7-16(18)17(10-24)22(27)23(21,12-25)13-26/h5-7,9,14,17-18,21,27H,8,11H2,1-4H3/p+1/t17-,18-,21+/m1/s1. The zero-order valence-electron chi connectivity index (χ0n) is 17.7. The van der Waals surface area contributed by atoms with Gasteiger partial charge < -0.3 is 19.8 Å². The summed E-state index contributed by atoms with van der Waals surface area (Å²) in [6.45, 7) is 5.28. The van der Waals surface area contributed by atoms with Crippen LogP contribution in [0.4, 0.5) is 0 Å². The van der Waals surface area contributed by atoms with Gasteiger partial charge in [0.2, 0.25) is 0 Å². The number of fused-ring (bicyclic) bond motifs is 1. The third kappa shape index (κ3) is 3.30. The van der Waals surface area contributed by atoms with Gasteiger partial charge in [0, 0.05) is 11.8 Å². The van der Waals surface area contributed by atoms with E-state index < -0.39 is 17.3 Å². The van der Waals surface area contributed by atoms with Crippen LogP contribution in [0.15, 0.2) is 29.8 Å². The van der Waals surface area contributed by atoms with E-state index in [1.165, 1.54) is 4.90 Å². The molecule has 2 aliphatic rings. The molecule has 1 heterocycles. The average Bonchev–Trinajstić information content (AvgIpc) is 2.73. The van der Waals surface area contributed by atoms with Gasteiger partial charge in [-0.3, -0.25) is 0 Å². The van der Waals surface area contributed by atoms with Crippen LogP contribution in [0.1, 0.15) is 25.3 Å². The molecule has 7 heteroatoms. The Morgan fingerprint density at radius 2 is 1.90 bits per heavy atom. The molecule has 1 aliphatic heterocycles. The fraction of sp³-hybridized carbons (Fsp3) is 0.478. The Morgan fingerprint density at radius 3 is 2.47 bits per heavy atom. The third-order valence-corrected chi connectivity index (χ3v) is 5.99. The second-order valence-electron chi connectivity index (χ2n) is 8.24. The summed E-state index contributed by atoms with van der Waals surface area (Å²) in [6.07, 6.45) is 1.97. The smallest absolute Gasteiger partial charge is 0.189 e. The molecule has 154 valence electrons. The number of methoxy groups -OCH3 is 1. The van der Waals surface area contributed by atoms with Gasteiger partial charge in [-0.05, 0) is 43.2 Å². The summed E-state index contributed by atoms with van der Waals surface area (Å²) < 4.78 is 11.3. The number of benzene rings is 1. The molecule has 1 unspecified atom stereocenters. The van der Waals surface area contributed by atoms with Crippen LogP contribution in [0.2, 0.25) is 0 Å². The summed E-state index contributed by atoms with van der Waals surface area (Å²) >= 11 is 0. The molecule has 1 fully saturated rings. The van der Waals surface area contributed by atoms with E-state index in [9.17, 15) is 15.8 Å². The first kappa shape index (κ1) is 21.4. The highest BCUT2D eigenvalue weighted by molar-refractivity contribution is 6.00. The van der Waals surface area contributed by atoms with Crippen molar-refractivity contribution in [2.75, 3.05) is 27.2 Å². The molecule has 0 radical (unpaired) electrons. The fourth-order valence-corrected chi connectivity index (χ4v) is 4.66. The van der Waals surface area contributed by atoms with Crippen LogP contribution in [0.3, 0.4) is 0 Å². The van der Waals surface area contributed by atoms with Gasteiger partial charge in [-0.25, -0.2) is 0 Å². The topological polar surface area (TPSA) is 118 Å². The van der Waals surface area contributed by atoms with Crippen molar-refractivity contribution >= 4 is 5.71 Å². The number of hydrogen-bond donors (Lipinski definition) is 2. The Labute approximate surface area is 177 Å². The molecule has 1 aliphatic carbocycles. The zero-order chi connectivity index (χ0) is 22.1. The van der Waals surface area contributed by atoms with E-state index in [1.54, 1.807) is 19.2 Å². The second-order valence-corrected chi connectivity index (χ2v) is 8.24. The van der Waals surface area contributed by atoms with Crippen molar-refractivity contribution in [2.24, 2.45) is 17.3 Å². The molecule has 1 aromatic rings. The summed E-state index contributed by atoms with van der Waals surface area (Å²) in [5.41, 5.74) is -0.270. The van der Waals surface area contributed by atoms with Gasteiger partial charge in [-0.2, -0.15) is 15.8 Å². The van der Waals surface area contributed by atoms with Gasteiger partial charge >= 0.3 is 0 Å².